The van der Waals surface area contributed by atoms with Gasteiger partial charge in [0, 0.05) is 18.0 Å². The minimum absolute atomic E-state index is 0.312. The van der Waals surface area contributed by atoms with Crippen LogP contribution in [0.3, 0.4) is 0 Å². The smallest absolute Gasteiger partial charge is 0.333 e. The van der Waals surface area contributed by atoms with Gasteiger partial charge in [0.1, 0.15) is 5.60 Å². The van der Waals surface area contributed by atoms with Crippen LogP contribution in [0.15, 0.2) is 42.5 Å². The van der Waals surface area contributed by atoms with Gasteiger partial charge in [0.2, 0.25) is 0 Å². The van der Waals surface area contributed by atoms with Crippen molar-refractivity contribution in [3.05, 3.63) is 48.0 Å². The van der Waals surface area contributed by atoms with Crippen molar-refractivity contribution in [3.8, 4) is 0 Å². The second-order valence-corrected chi connectivity index (χ2v) is 5.02. The third-order valence-electron chi connectivity index (χ3n) is 2.21. The number of carbonyl (C=O) groups excluding carboxylic acids is 1. The van der Waals surface area contributed by atoms with Gasteiger partial charge < -0.3 is 10.5 Å². The molecule has 2 N–H and O–H groups in total. The van der Waals surface area contributed by atoms with E-state index in [1.54, 1.807) is 20.8 Å². The van der Waals surface area contributed by atoms with Crippen molar-refractivity contribution in [2.45, 2.75) is 32.3 Å². The van der Waals surface area contributed by atoms with E-state index >= 15 is 0 Å². The molecule has 0 saturated carbocycles. The molecule has 0 saturated heterocycles. The van der Waals surface area contributed by atoms with Crippen molar-refractivity contribution in [1.82, 2.24) is 0 Å². The fourth-order valence-corrected chi connectivity index (χ4v) is 1.12. The molecule has 0 fully saturated rings. The Hall–Kier alpha value is -1.32. The highest BCUT2D eigenvalue weighted by Gasteiger charge is 2.20. The van der Waals surface area contributed by atoms with E-state index in [0.717, 1.165) is 0 Å². The maximum atomic E-state index is 10.9. The van der Waals surface area contributed by atoms with Gasteiger partial charge in [0.15, 0.2) is 0 Å². The molecule has 3 nitrogen and oxygen atoms in total. The molecule has 1 rings (SSSR count). The molecule has 0 aliphatic carbocycles. The third-order valence-corrected chi connectivity index (χ3v) is 2.51. The Kier molecular flexibility index (Phi) is 8.12. The molecule has 0 heterocycles. The van der Waals surface area contributed by atoms with Crippen LogP contribution in [0, 0.1) is 0 Å². The number of halogens is 1. The van der Waals surface area contributed by atoms with Crippen LogP contribution >= 0.6 is 11.6 Å². The van der Waals surface area contributed by atoms with Crippen molar-refractivity contribution in [1.29, 1.82) is 0 Å². The molecule has 0 aliphatic heterocycles. The van der Waals surface area contributed by atoms with E-state index < -0.39 is 5.60 Å². The SMILES string of the molecule is C=C(C)C(=O)OC(C)(C)CN.ClCc1ccccc1. The Morgan fingerprint density at radius 1 is 1.37 bits per heavy atom. The first-order valence-electron chi connectivity index (χ1n) is 6.01. The fraction of sp³-hybridized carbons (Fsp3) is 0.400. The summed E-state index contributed by atoms with van der Waals surface area (Å²) in [4.78, 5) is 10.9. The summed E-state index contributed by atoms with van der Waals surface area (Å²) in [6.07, 6.45) is 0. The van der Waals surface area contributed by atoms with E-state index in [1.165, 1.54) is 5.56 Å². The van der Waals surface area contributed by atoms with E-state index in [-0.39, 0.29) is 5.97 Å². The van der Waals surface area contributed by atoms with Gasteiger partial charge in [-0.2, -0.15) is 0 Å². The van der Waals surface area contributed by atoms with Crippen molar-refractivity contribution in [2.24, 2.45) is 5.73 Å². The van der Waals surface area contributed by atoms with Gasteiger partial charge in [0.05, 0.1) is 0 Å². The molecule has 0 spiro atoms. The summed E-state index contributed by atoms with van der Waals surface area (Å²) in [7, 11) is 0. The minimum atomic E-state index is -0.587. The number of nitrogens with two attached hydrogens (primary N) is 1. The molecule has 0 amide bonds. The Morgan fingerprint density at radius 2 is 1.89 bits per heavy atom. The zero-order valence-corrected chi connectivity index (χ0v) is 12.5. The summed E-state index contributed by atoms with van der Waals surface area (Å²) < 4.78 is 4.98. The van der Waals surface area contributed by atoms with Crippen LogP contribution in [0.1, 0.15) is 26.3 Å². The van der Waals surface area contributed by atoms with Crippen LogP contribution < -0.4 is 5.73 Å². The van der Waals surface area contributed by atoms with Crippen LogP contribution in [-0.4, -0.2) is 18.1 Å². The van der Waals surface area contributed by atoms with Gasteiger partial charge in [0.25, 0.3) is 0 Å². The Morgan fingerprint density at radius 3 is 2.21 bits per heavy atom. The van der Waals surface area contributed by atoms with Crippen LogP contribution in [0.4, 0.5) is 0 Å². The molecular weight excluding hydrogens is 262 g/mol. The van der Waals surface area contributed by atoms with E-state index in [9.17, 15) is 4.79 Å². The number of esters is 1. The minimum Gasteiger partial charge on any atom is -0.455 e. The first-order valence-corrected chi connectivity index (χ1v) is 6.54. The van der Waals surface area contributed by atoms with E-state index in [0.29, 0.717) is 18.0 Å². The molecular formula is C15H22ClNO2. The maximum absolute atomic E-state index is 10.9. The zero-order valence-electron chi connectivity index (χ0n) is 11.8. The molecule has 0 unspecified atom stereocenters. The lowest BCUT2D eigenvalue weighted by molar-refractivity contribution is -0.150. The summed E-state index contributed by atoms with van der Waals surface area (Å²) in [5.74, 6) is 0.223. The van der Waals surface area contributed by atoms with Crippen LogP contribution in [-0.2, 0) is 15.4 Å². The Balaban J connectivity index is 0.000000356. The zero-order chi connectivity index (χ0) is 14.9. The van der Waals surface area contributed by atoms with Gasteiger partial charge in [-0.25, -0.2) is 4.79 Å². The van der Waals surface area contributed by atoms with Crippen molar-refractivity contribution < 1.29 is 9.53 Å². The van der Waals surface area contributed by atoms with E-state index in [2.05, 4.69) is 6.58 Å². The number of rotatable bonds is 4. The predicted molar refractivity (Wildman–Crippen MR) is 80.0 cm³/mol. The van der Waals surface area contributed by atoms with Gasteiger partial charge in [-0.1, -0.05) is 36.9 Å². The summed E-state index contributed by atoms with van der Waals surface area (Å²) >= 11 is 5.53. The Labute approximate surface area is 120 Å². The molecule has 19 heavy (non-hydrogen) atoms. The quantitative estimate of drug-likeness (QED) is 0.524. The normalized spacial score (nSPS) is 10.2. The molecule has 0 aliphatic rings. The summed E-state index contributed by atoms with van der Waals surface area (Å²) in [6, 6.07) is 9.96. The Bertz CT molecular complexity index is 402. The average molecular weight is 284 g/mol. The number of carbonyl (C=O) groups is 1. The van der Waals surface area contributed by atoms with Gasteiger partial charge in [-0.3, -0.25) is 0 Å². The van der Waals surface area contributed by atoms with Crippen LogP contribution in [0.5, 0.6) is 0 Å². The number of hydrogen-bond donors (Lipinski definition) is 1. The average Bonchev–Trinajstić information content (AvgIpc) is 2.40. The third kappa shape index (κ3) is 8.41. The second-order valence-electron chi connectivity index (χ2n) is 4.75. The lowest BCUT2D eigenvalue weighted by Crippen LogP contribution is -2.36. The fourth-order valence-electron chi connectivity index (χ4n) is 0.947. The molecule has 4 heteroatoms. The highest BCUT2D eigenvalue weighted by atomic mass is 35.5. The standard InChI is InChI=1S/C8H15NO2.C7H7Cl/c1-6(2)7(10)11-8(3,4)5-9;8-6-7-4-2-1-3-5-7/h1,5,9H2,2-4H3;1-5H,6H2. The van der Waals surface area contributed by atoms with Gasteiger partial charge >= 0.3 is 5.97 Å². The largest absolute Gasteiger partial charge is 0.455 e. The second kappa shape index (κ2) is 8.73. The molecule has 1 aromatic carbocycles. The molecule has 1 aromatic rings. The molecule has 0 aromatic heterocycles. The number of benzene rings is 1. The van der Waals surface area contributed by atoms with Crippen molar-refractivity contribution >= 4 is 17.6 Å². The maximum Gasteiger partial charge on any atom is 0.333 e. The lowest BCUT2D eigenvalue weighted by atomic mass is 10.1. The number of alkyl halides is 1. The van der Waals surface area contributed by atoms with Crippen LogP contribution in [0.2, 0.25) is 0 Å². The van der Waals surface area contributed by atoms with Crippen LogP contribution in [0.25, 0.3) is 0 Å². The highest BCUT2D eigenvalue weighted by molar-refractivity contribution is 6.17. The monoisotopic (exact) mass is 283 g/mol. The molecule has 0 radical (unpaired) electrons. The predicted octanol–water partition coefficient (Wildman–Crippen LogP) is 3.27. The van der Waals surface area contributed by atoms with Gasteiger partial charge in [-0.05, 0) is 26.3 Å². The molecule has 0 bridgehead atoms. The van der Waals surface area contributed by atoms with E-state index in [4.69, 9.17) is 22.1 Å². The lowest BCUT2D eigenvalue weighted by Gasteiger charge is -2.22. The van der Waals surface area contributed by atoms with Gasteiger partial charge in [-0.15, -0.1) is 11.6 Å². The first-order chi connectivity index (χ1) is 8.82. The molecule has 0 atom stereocenters. The molecule has 106 valence electrons. The summed E-state index contributed by atoms with van der Waals surface area (Å²) in [5, 5.41) is 0. The summed E-state index contributed by atoms with van der Waals surface area (Å²) in [6.45, 7) is 8.89. The number of ether oxygens (including phenoxy) is 1. The summed E-state index contributed by atoms with van der Waals surface area (Å²) in [5.41, 5.74) is 6.33. The van der Waals surface area contributed by atoms with E-state index in [1.807, 2.05) is 30.3 Å². The first kappa shape index (κ1) is 17.7. The van der Waals surface area contributed by atoms with Crippen molar-refractivity contribution in [3.63, 3.8) is 0 Å². The highest BCUT2D eigenvalue weighted by Crippen LogP contribution is 2.08. The van der Waals surface area contributed by atoms with Crippen molar-refractivity contribution in [2.75, 3.05) is 6.54 Å². The topological polar surface area (TPSA) is 52.3 Å². The number of hydrogen-bond acceptors (Lipinski definition) is 3.